The van der Waals surface area contributed by atoms with Gasteiger partial charge in [0, 0.05) is 5.02 Å². The Morgan fingerprint density at radius 1 is 1.36 bits per heavy atom. The van der Waals surface area contributed by atoms with Gasteiger partial charge in [-0.25, -0.2) is 0 Å². The topological polar surface area (TPSA) is 26.0 Å². The molecule has 1 rings (SSSR count). The molecule has 0 aromatic heterocycles. The molecule has 0 aliphatic heterocycles. The van der Waals surface area contributed by atoms with Crippen LogP contribution >= 0.6 is 11.6 Å². The quantitative estimate of drug-likeness (QED) is 0.820. The summed E-state index contributed by atoms with van der Waals surface area (Å²) in [6.07, 6.45) is -4.60. The highest BCUT2D eigenvalue weighted by Gasteiger charge is 2.36. The molecule has 14 heavy (non-hydrogen) atoms. The summed E-state index contributed by atoms with van der Waals surface area (Å²) in [6.45, 7) is 0. The fourth-order valence-corrected chi connectivity index (χ4v) is 1.25. The van der Waals surface area contributed by atoms with Gasteiger partial charge >= 0.3 is 6.18 Å². The monoisotopic (exact) mass is 223 g/mol. The summed E-state index contributed by atoms with van der Waals surface area (Å²) in [5.41, 5.74) is 5.45. The fourth-order valence-electron chi connectivity index (χ4n) is 1.03. The van der Waals surface area contributed by atoms with Gasteiger partial charge in [0.25, 0.3) is 0 Å². The molecule has 0 aliphatic rings. The normalized spacial score (nSPS) is 14.1. The van der Waals surface area contributed by atoms with Crippen molar-refractivity contribution in [3.8, 4) is 0 Å². The lowest BCUT2D eigenvalue weighted by molar-refractivity contribution is -0.147. The van der Waals surface area contributed by atoms with Crippen LogP contribution in [0.25, 0.3) is 0 Å². The van der Waals surface area contributed by atoms with Gasteiger partial charge in [-0.15, -0.1) is 0 Å². The van der Waals surface area contributed by atoms with E-state index in [9.17, 15) is 13.2 Å². The Bertz CT molecular complexity index is 311. The lowest BCUT2D eigenvalue weighted by atomic mass is 10.1. The second-order valence-corrected chi connectivity index (χ2v) is 3.42. The summed E-state index contributed by atoms with van der Waals surface area (Å²) in [5, 5.41) is 0.414. The molecule has 1 aromatic carbocycles. The lowest BCUT2D eigenvalue weighted by Gasteiger charge is -2.15. The predicted molar refractivity (Wildman–Crippen MR) is 49.2 cm³/mol. The number of benzene rings is 1. The van der Waals surface area contributed by atoms with Gasteiger partial charge in [0.1, 0.15) is 6.04 Å². The summed E-state index contributed by atoms with van der Waals surface area (Å²) in [7, 11) is 0. The fraction of sp³-hybridized carbons (Fsp3) is 0.333. The summed E-state index contributed by atoms with van der Waals surface area (Å²) >= 11 is 5.62. The van der Waals surface area contributed by atoms with Gasteiger partial charge in [-0.05, 0) is 24.1 Å². The second kappa shape index (κ2) is 4.19. The maximum atomic E-state index is 12.1. The second-order valence-electron chi connectivity index (χ2n) is 2.98. The molecule has 0 fully saturated rings. The number of nitrogens with two attached hydrogens (primary N) is 1. The van der Waals surface area contributed by atoms with E-state index in [0.717, 1.165) is 0 Å². The maximum Gasteiger partial charge on any atom is 0.403 e. The zero-order valence-corrected chi connectivity index (χ0v) is 7.94. The molecule has 5 heteroatoms. The van der Waals surface area contributed by atoms with Gasteiger partial charge in [0.05, 0.1) is 0 Å². The van der Waals surface area contributed by atoms with Crippen molar-refractivity contribution in [2.45, 2.75) is 18.6 Å². The number of rotatable bonds is 2. The van der Waals surface area contributed by atoms with Gasteiger partial charge in [-0.2, -0.15) is 13.2 Å². The Morgan fingerprint density at radius 2 is 2.00 bits per heavy atom. The van der Waals surface area contributed by atoms with Crippen molar-refractivity contribution in [3.05, 3.63) is 34.9 Å². The van der Waals surface area contributed by atoms with E-state index >= 15 is 0 Å². The van der Waals surface area contributed by atoms with Gasteiger partial charge < -0.3 is 5.73 Å². The number of alkyl halides is 3. The third kappa shape index (κ3) is 3.20. The third-order valence-corrected chi connectivity index (χ3v) is 2.00. The van der Waals surface area contributed by atoms with Crippen molar-refractivity contribution in [2.24, 2.45) is 5.73 Å². The van der Waals surface area contributed by atoms with Crippen LogP contribution in [0.4, 0.5) is 13.2 Å². The first kappa shape index (κ1) is 11.3. The molecule has 0 spiro atoms. The van der Waals surface area contributed by atoms with Gasteiger partial charge in [0.15, 0.2) is 0 Å². The van der Waals surface area contributed by atoms with Crippen molar-refractivity contribution < 1.29 is 13.2 Å². The largest absolute Gasteiger partial charge is 0.403 e. The van der Waals surface area contributed by atoms with Gasteiger partial charge in [-0.1, -0.05) is 23.7 Å². The number of halogens is 4. The van der Waals surface area contributed by atoms with Gasteiger partial charge in [-0.3, -0.25) is 0 Å². The van der Waals surface area contributed by atoms with Crippen molar-refractivity contribution in [3.63, 3.8) is 0 Å². The summed E-state index contributed by atoms with van der Waals surface area (Å²) in [6, 6.07) is 4.41. The molecule has 2 N–H and O–H groups in total. The molecule has 78 valence electrons. The lowest BCUT2D eigenvalue weighted by Crippen LogP contribution is -2.39. The van der Waals surface area contributed by atoms with E-state index in [4.69, 9.17) is 17.3 Å². The van der Waals surface area contributed by atoms with E-state index in [1.807, 2.05) is 0 Å². The van der Waals surface area contributed by atoms with E-state index < -0.39 is 12.2 Å². The summed E-state index contributed by atoms with van der Waals surface area (Å²) < 4.78 is 36.2. The van der Waals surface area contributed by atoms with Crippen molar-refractivity contribution in [1.29, 1.82) is 0 Å². The highest BCUT2D eigenvalue weighted by atomic mass is 35.5. The molecule has 1 nitrogen and oxygen atoms in total. The molecule has 0 aliphatic carbocycles. The Balaban J connectivity index is 2.70. The molecule has 1 aromatic rings. The summed E-state index contributed by atoms with van der Waals surface area (Å²) in [4.78, 5) is 0. The predicted octanol–water partition coefficient (Wildman–Crippen LogP) is 2.77. The highest BCUT2D eigenvalue weighted by Crippen LogP contribution is 2.22. The van der Waals surface area contributed by atoms with Crippen LogP contribution in [0.1, 0.15) is 5.56 Å². The first-order valence-electron chi connectivity index (χ1n) is 3.96. The van der Waals surface area contributed by atoms with Crippen LogP contribution in [0.2, 0.25) is 5.02 Å². The van der Waals surface area contributed by atoms with Crippen LogP contribution in [0, 0.1) is 0 Å². The zero-order valence-electron chi connectivity index (χ0n) is 7.18. The molecule has 1 atom stereocenters. The van der Waals surface area contributed by atoms with E-state index in [-0.39, 0.29) is 6.42 Å². The van der Waals surface area contributed by atoms with Crippen molar-refractivity contribution in [2.75, 3.05) is 0 Å². The smallest absolute Gasteiger partial charge is 0.320 e. The number of hydrogen-bond acceptors (Lipinski definition) is 1. The van der Waals surface area contributed by atoms with Crippen molar-refractivity contribution >= 4 is 11.6 Å². The van der Waals surface area contributed by atoms with Crippen LogP contribution in [0.3, 0.4) is 0 Å². The maximum absolute atomic E-state index is 12.1. The van der Waals surface area contributed by atoms with E-state index in [1.54, 1.807) is 18.2 Å². The van der Waals surface area contributed by atoms with Gasteiger partial charge in [0.2, 0.25) is 0 Å². The Labute approximate surface area is 84.7 Å². The minimum Gasteiger partial charge on any atom is -0.320 e. The molecular weight excluding hydrogens is 215 g/mol. The highest BCUT2D eigenvalue weighted by molar-refractivity contribution is 6.30. The van der Waals surface area contributed by atoms with Crippen LogP contribution in [0.5, 0.6) is 0 Å². The van der Waals surface area contributed by atoms with Crippen LogP contribution in [-0.4, -0.2) is 12.2 Å². The standard InChI is InChI=1S/C9H9ClF3N/c10-7-3-1-2-6(4-7)5-8(14)9(11,12)13/h1-4,8H,5,14H2/t8-/m1/s1. The van der Waals surface area contributed by atoms with E-state index in [0.29, 0.717) is 10.6 Å². The number of hydrogen-bond donors (Lipinski definition) is 1. The van der Waals surface area contributed by atoms with Crippen LogP contribution < -0.4 is 5.73 Å². The average Bonchev–Trinajstić information content (AvgIpc) is 2.02. The Morgan fingerprint density at radius 3 is 2.50 bits per heavy atom. The molecular formula is C9H9ClF3N. The summed E-state index contributed by atoms with van der Waals surface area (Å²) in [5.74, 6) is 0. The van der Waals surface area contributed by atoms with Crippen LogP contribution in [0.15, 0.2) is 24.3 Å². The first-order chi connectivity index (χ1) is 6.39. The molecule has 0 amide bonds. The zero-order chi connectivity index (χ0) is 10.8. The minimum atomic E-state index is -4.36. The minimum absolute atomic E-state index is 0.246. The Kier molecular flexibility index (Phi) is 3.39. The molecule has 0 unspecified atom stereocenters. The first-order valence-corrected chi connectivity index (χ1v) is 4.34. The van der Waals surface area contributed by atoms with Crippen molar-refractivity contribution in [1.82, 2.24) is 0 Å². The molecule has 0 saturated carbocycles. The molecule has 0 heterocycles. The van der Waals surface area contributed by atoms with E-state index in [1.165, 1.54) is 6.07 Å². The van der Waals surface area contributed by atoms with Crippen LogP contribution in [-0.2, 0) is 6.42 Å². The Hall–Kier alpha value is -0.740. The SMILES string of the molecule is N[C@H](Cc1cccc(Cl)c1)C(F)(F)F. The molecule has 0 radical (unpaired) electrons. The molecule has 0 saturated heterocycles. The third-order valence-electron chi connectivity index (χ3n) is 1.77. The van der Waals surface area contributed by atoms with E-state index in [2.05, 4.69) is 0 Å². The average molecular weight is 224 g/mol. The molecule has 0 bridgehead atoms.